The number of nitrogens with one attached hydrogen (secondary N) is 2. The van der Waals surface area contributed by atoms with E-state index in [2.05, 4.69) is 15.6 Å². The van der Waals surface area contributed by atoms with E-state index in [1.165, 1.54) is 0 Å². The highest BCUT2D eigenvalue weighted by Crippen LogP contribution is 2.19. The number of pyridine rings is 1. The number of carbonyl (C=O) groups excluding carboxylic acids is 1. The molecule has 0 saturated carbocycles. The number of hydrogen-bond acceptors (Lipinski definition) is 3. The van der Waals surface area contributed by atoms with Crippen LogP contribution in [0.25, 0.3) is 0 Å². The van der Waals surface area contributed by atoms with E-state index in [0.717, 1.165) is 5.69 Å². The Hall–Kier alpha value is -2.07. The average molecular weight is 276 g/mol. The van der Waals surface area contributed by atoms with Crippen LogP contribution in [-0.4, -0.2) is 17.9 Å². The molecule has 98 valence electrons. The van der Waals surface area contributed by atoms with Crippen molar-refractivity contribution in [3.8, 4) is 0 Å². The van der Waals surface area contributed by atoms with Crippen LogP contribution >= 0.6 is 11.6 Å². The van der Waals surface area contributed by atoms with E-state index in [4.69, 9.17) is 11.6 Å². The number of anilines is 2. The van der Waals surface area contributed by atoms with Gasteiger partial charge in [-0.25, -0.2) is 4.98 Å². The summed E-state index contributed by atoms with van der Waals surface area (Å²) in [5.74, 6) is -0.183. The van der Waals surface area contributed by atoms with E-state index >= 15 is 0 Å². The number of carbonyl (C=O) groups is 1. The van der Waals surface area contributed by atoms with Gasteiger partial charge in [0.1, 0.15) is 5.15 Å². The molecule has 2 aromatic rings. The minimum atomic E-state index is -0.183. The Kier molecular flexibility index (Phi) is 4.02. The van der Waals surface area contributed by atoms with Crippen molar-refractivity contribution in [2.75, 3.05) is 17.7 Å². The Labute approximate surface area is 116 Å². The monoisotopic (exact) mass is 275 g/mol. The van der Waals surface area contributed by atoms with Crippen LogP contribution in [0.2, 0.25) is 5.15 Å². The minimum absolute atomic E-state index is 0.183. The highest BCUT2D eigenvalue weighted by atomic mass is 35.5. The van der Waals surface area contributed by atoms with Crippen LogP contribution in [0.4, 0.5) is 11.4 Å². The third kappa shape index (κ3) is 3.03. The van der Waals surface area contributed by atoms with Gasteiger partial charge in [0.25, 0.3) is 5.91 Å². The Morgan fingerprint density at radius 1 is 1.16 bits per heavy atom. The predicted molar refractivity (Wildman–Crippen MR) is 77.9 cm³/mol. The molecule has 2 N–H and O–H groups in total. The number of amides is 1. The fourth-order valence-corrected chi connectivity index (χ4v) is 1.94. The highest BCUT2D eigenvalue weighted by molar-refractivity contribution is 6.29. The second-order valence-corrected chi connectivity index (χ2v) is 4.40. The van der Waals surface area contributed by atoms with E-state index in [1.807, 2.05) is 18.2 Å². The van der Waals surface area contributed by atoms with Gasteiger partial charge in [0, 0.05) is 12.7 Å². The Morgan fingerprint density at radius 2 is 1.89 bits per heavy atom. The van der Waals surface area contributed by atoms with Crippen molar-refractivity contribution < 1.29 is 4.79 Å². The third-order valence-electron chi connectivity index (χ3n) is 2.74. The summed E-state index contributed by atoms with van der Waals surface area (Å²) >= 11 is 5.78. The van der Waals surface area contributed by atoms with E-state index in [0.29, 0.717) is 22.1 Å². The van der Waals surface area contributed by atoms with Gasteiger partial charge in [-0.3, -0.25) is 4.79 Å². The van der Waals surface area contributed by atoms with Gasteiger partial charge in [-0.1, -0.05) is 23.7 Å². The second kappa shape index (κ2) is 5.71. The lowest BCUT2D eigenvalue weighted by atomic mass is 10.1. The zero-order valence-electron chi connectivity index (χ0n) is 10.7. The maximum atomic E-state index is 12.2. The van der Waals surface area contributed by atoms with Crippen molar-refractivity contribution in [3.63, 3.8) is 0 Å². The first-order valence-electron chi connectivity index (χ1n) is 5.83. The molecule has 0 radical (unpaired) electrons. The Balaban J connectivity index is 2.26. The molecule has 1 amide bonds. The number of benzene rings is 1. The molecule has 1 aromatic carbocycles. The summed E-state index contributed by atoms with van der Waals surface area (Å²) in [6, 6.07) is 10.7. The van der Waals surface area contributed by atoms with Crippen molar-refractivity contribution in [2.45, 2.75) is 6.92 Å². The number of halogens is 1. The second-order valence-electron chi connectivity index (χ2n) is 4.02. The average Bonchev–Trinajstić information content (AvgIpc) is 2.41. The van der Waals surface area contributed by atoms with Crippen LogP contribution in [0.5, 0.6) is 0 Å². The van der Waals surface area contributed by atoms with Crippen LogP contribution in [0.1, 0.15) is 16.1 Å². The van der Waals surface area contributed by atoms with Crippen molar-refractivity contribution in [3.05, 3.63) is 52.8 Å². The van der Waals surface area contributed by atoms with Gasteiger partial charge >= 0.3 is 0 Å². The summed E-state index contributed by atoms with van der Waals surface area (Å²) in [4.78, 5) is 16.3. The van der Waals surface area contributed by atoms with E-state index in [9.17, 15) is 4.79 Å². The van der Waals surface area contributed by atoms with E-state index in [-0.39, 0.29) is 5.91 Å². The van der Waals surface area contributed by atoms with E-state index < -0.39 is 0 Å². The molecule has 0 aliphatic heterocycles. The SMILES string of the molecule is CNc1ccccc1C(=O)Nc1ccc(Cl)nc1C. The summed E-state index contributed by atoms with van der Waals surface area (Å²) in [5, 5.41) is 6.23. The normalized spacial score (nSPS) is 10.1. The number of aromatic nitrogens is 1. The molecule has 0 bridgehead atoms. The van der Waals surface area contributed by atoms with Crippen LogP contribution in [0.3, 0.4) is 0 Å². The van der Waals surface area contributed by atoms with Crippen LogP contribution in [0.15, 0.2) is 36.4 Å². The quantitative estimate of drug-likeness (QED) is 0.845. The summed E-state index contributed by atoms with van der Waals surface area (Å²) < 4.78 is 0. The van der Waals surface area contributed by atoms with Gasteiger partial charge in [-0.2, -0.15) is 0 Å². The number of aryl methyl sites for hydroxylation is 1. The lowest BCUT2D eigenvalue weighted by molar-refractivity contribution is 0.102. The Morgan fingerprint density at radius 3 is 2.58 bits per heavy atom. The predicted octanol–water partition coefficient (Wildman–Crippen LogP) is 3.34. The van der Waals surface area contributed by atoms with Gasteiger partial charge < -0.3 is 10.6 Å². The molecule has 4 nitrogen and oxygen atoms in total. The molecule has 0 aliphatic rings. The molecular formula is C14H14ClN3O. The first kappa shape index (κ1) is 13.4. The Bertz CT molecular complexity index is 613. The summed E-state index contributed by atoms with van der Waals surface area (Å²) in [5.41, 5.74) is 2.70. The van der Waals surface area contributed by atoms with Gasteiger partial charge in [0.15, 0.2) is 0 Å². The van der Waals surface area contributed by atoms with Gasteiger partial charge in [-0.15, -0.1) is 0 Å². The highest BCUT2D eigenvalue weighted by Gasteiger charge is 2.11. The molecule has 0 spiro atoms. The lowest BCUT2D eigenvalue weighted by Gasteiger charge is -2.11. The zero-order valence-corrected chi connectivity index (χ0v) is 11.5. The first-order chi connectivity index (χ1) is 9.11. The summed E-state index contributed by atoms with van der Waals surface area (Å²) in [7, 11) is 1.78. The molecule has 0 aliphatic carbocycles. The lowest BCUT2D eigenvalue weighted by Crippen LogP contribution is -2.15. The van der Waals surface area contributed by atoms with Gasteiger partial charge in [0.2, 0.25) is 0 Å². The molecule has 1 aromatic heterocycles. The first-order valence-corrected chi connectivity index (χ1v) is 6.21. The molecule has 2 rings (SSSR count). The molecular weight excluding hydrogens is 262 g/mol. The van der Waals surface area contributed by atoms with Crippen molar-refractivity contribution in [1.82, 2.24) is 4.98 Å². The standard InChI is InChI=1S/C14H14ClN3O/c1-9-11(7-8-13(15)17-9)18-14(19)10-5-3-4-6-12(10)16-2/h3-8,16H,1-2H3,(H,18,19). The zero-order chi connectivity index (χ0) is 13.8. The smallest absolute Gasteiger partial charge is 0.257 e. The number of rotatable bonds is 3. The van der Waals surface area contributed by atoms with Crippen LogP contribution in [-0.2, 0) is 0 Å². The van der Waals surface area contributed by atoms with Gasteiger partial charge in [-0.05, 0) is 31.2 Å². The number of hydrogen-bond donors (Lipinski definition) is 2. The minimum Gasteiger partial charge on any atom is -0.387 e. The van der Waals surface area contributed by atoms with Crippen molar-refractivity contribution in [2.24, 2.45) is 0 Å². The van der Waals surface area contributed by atoms with Crippen molar-refractivity contribution in [1.29, 1.82) is 0 Å². The molecule has 0 fully saturated rings. The maximum absolute atomic E-state index is 12.2. The van der Waals surface area contributed by atoms with Crippen LogP contribution < -0.4 is 10.6 Å². The number of para-hydroxylation sites is 1. The molecule has 19 heavy (non-hydrogen) atoms. The van der Waals surface area contributed by atoms with Crippen molar-refractivity contribution >= 4 is 28.9 Å². The maximum Gasteiger partial charge on any atom is 0.257 e. The topological polar surface area (TPSA) is 54.0 Å². The summed E-state index contributed by atoms with van der Waals surface area (Å²) in [6.45, 7) is 1.80. The molecule has 0 unspecified atom stereocenters. The van der Waals surface area contributed by atoms with Crippen LogP contribution in [0, 0.1) is 6.92 Å². The summed E-state index contributed by atoms with van der Waals surface area (Å²) in [6.07, 6.45) is 0. The molecule has 0 atom stereocenters. The molecule has 5 heteroatoms. The third-order valence-corrected chi connectivity index (χ3v) is 2.95. The fraction of sp³-hybridized carbons (Fsp3) is 0.143. The molecule has 1 heterocycles. The van der Waals surface area contributed by atoms with Gasteiger partial charge in [0.05, 0.1) is 16.9 Å². The molecule has 0 saturated heterocycles. The number of nitrogens with zero attached hydrogens (tertiary/aromatic N) is 1. The fourth-order valence-electron chi connectivity index (χ4n) is 1.75. The largest absolute Gasteiger partial charge is 0.387 e. The van der Waals surface area contributed by atoms with E-state index in [1.54, 1.807) is 32.2 Å².